The van der Waals surface area contributed by atoms with Crippen molar-refractivity contribution in [1.82, 2.24) is 0 Å². The Bertz CT molecular complexity index is 432. The van der Waals surface area contributed by atoms with Gasteiger partial charge in [0, 0.05) is 12.0 Å². The lowest BCUT2D eigenvalue weighted by atomic mass is 10.0. The first-order chi connectivity index (χ1) is 8.63. The molecule has 0 radical (unpaired) electrons. The maximum Gasteiger partial charge on any atom is 0.336 e. The summed E-state index contributed by atoms with van der Waals surface area (Å²) in [5, 5.41) is 8.64. The number of carbonyl (C=O) groups excluding carboxylic acids is 1. The van der Waals surface area contributed by atoms with Gasteiger partial charge in [0.05, 0.1) is 0 Å². The largest absolute Gasteiger partial charge is 0.435 e. The number of allylic oxidation sites excluding steroid dienone is 2. The monoisotopic (exact) mass is 246 g/mol. The van der Waals surface area contributed by atoms with Crippen LogP contribution in [0.4, 0.5) is 0 Å². The molecule has 0 aliphatic heterocycles. The van der Waals surface area contributed by atoms with Gasteiger partial charge in [-0.05, 0) is 18.9 Å². The van der Waals surface area contributed by atoms with E-state index in [-0.39, 0.29) is 0 Å². The molecule has 0 amide bonds. The molecular weight excluding hydrogens is 228 g/mol. The van der Waals surface area contributed by atoms with Crippen LogP contribution in [0.1, 0.15) is 18.9 Å². The van der Waals surface area contributed by atoms with Gasteiger partial charge in [-0.25, -0.2) is 4.79 Å². The normalized spacial score (nSPS) is 11.1. The van der Waals surface area contributed by atoms with Gasteiger partial charge in [0.2, 0.25) is 0 Å². The summed E-state index contributed by atoms with van der Waals surface area (Å²) in [6.45, 7) is 5.09. The van der Waals surface area contributed by atoms with E-state index in [0.717, 1.165) is 11.1 Å². The lowest BCUT2D eigenvalue weighted by molar-refractivity contribution is -0.147. The third-order valence-corrected chi connectivity index (χ3v) is 2.39. The number of rotatable bonds is 6. The Hall–Kier alpha value is -1.87. The molecule has 0 bridgehead atoms. The molecular formula is C15H18O3. The van der Waals surface area contributed by atoms with E-state index in [9.17, 15) is 4.79 Å². The second kappa shape index (κ2) is 7.45. The van der Waals surface area contributed by atoms with E-state index in [2.05, 4.69) is 11.3 Å². The van der Waals surface area contributed by atoms with Crippen LogP contribution in [0.3, 0.4) is 0 Å². The minimum absolute atomic E-state index is 0.484. The number of aliphatic hydroxyl groups excluding tert-OH is 1. The standard InChI is InChI=1S/C15H18O3/c1-12(2)8-9-14(15(17)18-11-16)10-13-6-4-3-5-7-13/h3-7,9,16H,1,8,10-11H2,2H3. The molecule has 3 heteroatoms. The van der Waals surface area contributed by atoms with Gasteiger partial charge in [-0.3, -0.25) is 0 Å². The summed E-state index contributed by atoms with van der Waals surface area (Å²) in [7, 11) is 0. The van der Waals surface area contributed by atoms with Gasteiger partial charge < -0.3 is 9.84 Å². The zero-order chi connectivity index (χ0) is 13.4. The number of esters is 1. The smallest absolute Gasteiger partial charge is 0.336 e. The predicted octanol–water partition coefficient (Wildman–Crippen LogP) is 2.61. The van der Waals surface area contributed by atoms with Crippen molar-refractivity contribution in [3.63, 3.8) is 0 Å². The van der Waals surface area contributed by atoms with Crippen molar-refractivity contribution in [2.24, 2.45) is 0 Å². The summed E-state index contributed by atoms with van der Waals surface area (Å²) in [4.78, 5) is 11.7. The van der Waals surface area contributed by atoms with Gasteiger partial charge >= 0.3 is 5.97 Å². The van der Waals surface area contributed by atoms with Gasteiger partial charge in [-0.15, -0.1) is 0 Å². The minimum atomic E-state index is -0.599. The Morgan fingerprint density at radius 2 is 2.06 bits per heavy atom. The molecule has 1 aromatic carbocycles. The minimum Gasteiger partial charge on any atom is -0.435 e. The molecule has 1 N–H and O–H groups in total. The molecule has 18 heavy (non-hydrogen) atoms. The first kappa shape index (κ1) is 14.2. The fourth-order valence-electron chi connectivity index (χ4n) is 1.49. The molecule has 96 valence electrons. The maximum atomic E-state index is 11.7. The van der Waals surface area contributed by atoms with Crippen LogP contribution in [-0.2, 0) is 16.0 Å². The van der Waals surface area contributed by atoms with Crippen LogP contribution >= 0.6 is 0 Å². The zero-order valence-corrected chi connectivity index (χ0v) is 10.6. The second-order valence-electron chi connectivity index (χ2n) is 4.11. The number of aliphatic hydroxyl groups is 1. The third kappa shape index (κ3) is 4.97. The Morgan fingerprint density at radius 3 is 2.61 bits per heavy atom. The van der Waals surface area contributed by atoms with E-state index in [1.165, 1.54) is 0 Å². The molecule has 0 aromatic heterocycles. The topological polar surface area (TPSA) is 46.5 Å². The number of benzene rings is 1. The summed E-state index contributed by atoms with van der Waals surface area (Å²) in [5.41, 5.74) is 2.54. The van der Waals surface area contributed by atoms with Gasteiger partial charge in [0.25, 0.3) is 0 Å². The molecule has 0 spiro atoms. The Balaban J connectivity index is 2.80. The molecule has 1 aromatic rings. The molecule has 0 atom stereocenters. The highest BCUT2D eigenvalue weighted by Crippen LogP contribution is 2.12. The highest BCUT2D eigenvalue weighted by molar-refractivity contribution is 5.88. The first-order valence-corrected chi connectivity index (χ1v) is 5.78. The average Bonchev–Trinajstić information content (AvgIpc) is 2.35. The van der Waals surface area contributed by atoms with Crippen molar-refractivity contribution >= 4 is 5.97 Å². The number of hydrogen-bond donors (Lipinski definition) is 1. The summed E-state index contributed by atoms with van der Waals surface area (Å²) in [6.07, 6.45) is 2.92. The van der Waals surface area contributed by atoms with E-state index in [1.807, 2.05) is 37.3 Å². The molecule has 0 fully saturated rings. The molecule has 0 aliphatic carbocycles. The van der Waals surface area contributed by atoms with Crippen molar-refractivity contribution in [1.29, 1.82) is 0 Å². The average molecular weight is 246 g/mol. The van der Waals surface area contributed by atoms with Crippen LogP contribution in [0.5, 0.6) is 0 Å². The highest BCUT2D eigenvalue weighted by atomic mass is 16.6. The van der Waals surface area contributed by atoms with Crippen LogP contribution in [0.25, 0.3) is 0 Å². The summed E-state index contributed by atoms with van der Waals surface area (Å²) in [5.74, 6) is -0.484. The Kier molecular flexibility index (Phi) is 5.88. The van der Waals surface area contributed by atoms with Gasteiger partial charge in [0.1, 0.15) is 0 Å². The lowest BCUT2D eigenvalue weighted by Gasteiger charge is -2.07. The number of ether oxygens (including phenoxy) is 1. The molecule has 0 unspecified atom stereocenters. The maximum absolute atomic E-state index is 11.7. The number of hydrogen-bond acceptors (Lipinski definition) is 3. The van der Waals surface area contributed by atoms with Gasteiger partial charge in [-0.1, -0.05) is 48.6 Å². The Labute approximate surface area is 107 Å². The van der Waals surface area contributed by atoms with Crippen molar-refractivity contribution in [3.05, 3.63) is 59.7 Å². The van der Waals surface area contributed by atoms with E-state index in [4.69, 9.17) is 5.11 Å². The SMILES string of the molecule is C=C(C)CC=C(Cc1ccccc1)C(=O)OCO. The first-order valence-electron chi connectivity index (χ1n) is 5.78. The van der Waals surface area contributed by atoms with Gasteiger partial charge in [-0.2, -0.15) is 0 Å². The molecule has 0 saturated carbocycles. The quantitative estimate of drug-likeness (QED) is 0.363. The van der Waals surface area contributed by atoms with Crippen LogP contribution in [-0.4, -0.2) is 17.9 Å². The summed E-state index contributed by atoms with van der Waals surface area (Å²) in [6, 6.07) is 9.65. The molecule has 0 heterocycles. The van der Waals surface area contributed by atoms with Gasteiger partial charge in [0.15, 0.2) is 6.79 Å². The van der Waals surface area contributed by atoms with Crippen LogP contribution in [0.2, 0.25) is 0 Å². The van der Waals surface area contributed by atoms with Crippen LogP contribution < -0.4 is 0 Å². The fourth-order valence-corrected chi connectivity index (χ4v) is 1.49. The molecule has 0 saturated heterocycles. The Morgan fingerprint density at radius 1 is 1.39 bits per heavy atom. The molecule has 0 aliphatic rings. The van der Waals surface area contributed by atoms with E-state index >= 15 is 0 Å². The zero-order valence-electron chi connectivity index (χ0n) is 10.6. The van der Waals surface area contributed by atoms with Crippen molar-refractivity contribution in [2.45, 2.75) is 19.8 Å². The van der Waals surface area contributed by atoms with E-state index in [1.54, 1.807) is 6.08 Å². The lowest BCUT2D eigenvalue weighted by Crippen LogP contribution is -2.11. The summed E-state index contributed by atoms with van der Waals surface area (Å²) < 4.78 is 4.63. The second-order valence-corrected chi connectivity index (χ2v) is 4.11. The highest BCUT2D eigenvalue weighted by Gasteiger charge is 2.11. The third-order valence-electron chi connectivity index (χ3n) is 2.39. The van der Waals surface area contributed by atoms with E-state index in [0.29, 0.717) is 18.4 Å². The van der Waals surface area contributed by atoms with Crippen molar-refractivity contribution in [2.75, 3.05) is 6.79 Å². The summed E-state index contributed by atoms with van der Waals surface area (Å²) >= 11 is 0. The van der Waals surface area contributed by atoms with Crippen LogP contribution in [0, 0.1) is 0 Å². The van der Waals surface area contributed by atoms with Crippen molar-refractivity contribution < 1.29 is 14.6 Å². The van der Waals surface area contributed by atoms with Crippen LogP contribution in [0.15, 0.2) is 54.1 Å². The van der Waals surface area contributed by atoms with Crippen molar-refractivity contribution in [3.8, 4) is 0 Å². The predicted molar refractivity (Wildman–Crippen MR) is 70.8 cm³/mol. The fraction of sp³-hybridized carbons (Fsp3) is 0.267. The number of carbonyl (C=O) groups is 1. The molecule has 3 nitrogen and oxygen atoms in total. The molecule has 1 rings (SSSR count). The van der Waals surface area contributed by atoms with E-state index < -0.39 is 12.8 Å².